The highest BCUT2D eigenvalue weighted by molar-refractivity contribution is 5.74. The summed E-state index contributed by atoms with van der Waals surface area (Å²) in [6.07, 6.45) is 7.51. The van der Waals surface area contributed by atoms with Crippen molar-refractivity contribution in [1.82, 2.24) is 15.1 Å². The molecule has 2 amide bonds. The molecule has 5 heteroatoms. The number of hydrogen-bond donors (Lipinski definition) is 1. The fourth-order valence-electron chi connectivity index (χ4n) is 4.13. The molecule has 3 saturated heterocycles. The van der Waals surface area contributed by atoms with Crippen LogP contribution in [-0.2, 0) is 4.74 Å². The summed E-state index contributed by atoms with van der Waals surface area (Å²) in [7, 11) is 0. The third-order valence-electron chi connectivity index (χ3n) is 5.70. The van der Waals surface area contributed by atoms with E-state index in [1.165, 1.54) is 38.9 Å². The topological polar surface area (TPSA) is 44.8 Å². The minimum absolute atomic E-state index is 0.109. The number of urea groups is 1. The van der Waals surface area contributed by atoms with Crippen molar-refractivity contribution in [3.63, 3.8) is 0 Å². The van der Waals surface area contributed by atoms with Crippen LogP contribution < -0.4 is 5.32 Å². The van der Waals surface area contributed by atoms with Crippen LogP contribution in [0.3, 0.4) is 0 Å². The highest BCUT2D eigenvalue weighted by atomic mass is 16.5. The Labute approximate surface area is 140 Å². The molecule has 2 atom stereocenters. The quantitative estimate of drug-likeness (QED) is 0.863. The number of likely N-dealkylation sites (tertiary alicyclic amines) is 2. The molecule has 23 heavy (non-hydrogen) atoms. The van der Waals surface area contributed by atoms with Gasteiger partial charge in [-0.1, -0.05) is 6.92 Å². The summed E-state index contributed by atoms with van der Waals surface area (Å²) in [5, 5.41) is 3.07. The number of amides is 2. The van der Waals surface area contributed by atoms with E-state index in [4.69, 9.17) is 4.74 Å². The molecule has 0 radical (unpaired) electrons. The Kier molecular flexibility index (Phi) is 6.17. The zero-order valence-electron chi connectivity index (χ0n) is 14.6. The maximum Gasteiger partial charge on any atom is 0.317 e. The van der Waals surface area contributed by atoms with Gasteiger partial charge in [-0.05, 0) is 63.5 Å². The first kappa shape index (κ1) is 17.0. The van der Waals surface area contributed by atoms with Crippen molar-refractivity contribution in [1.29, 1.82) is 0 Å². The van der Waals surface area contributed by atoms with E-state index in [1.54, 1.807) is 0 Å². The predicted molar refractivity (Wildman–Crippen MR) is 91.5 cm³/mol. The molecule has 0 aromatic carbocycles. The fraction of sp³-hybridized carbons (Fsp3) is 0.944. The second-order valence-electron chi connectivity index (χ2n) is 7.76. The Morgan fingerprint density at radius 3 is 2.70 bits per heavy atom. The van der Waals surface area contributed by atoms with Crippen LogP contribution in [0, 0.1) is 11.8 Å². The minimum atomic E-state index is 0.109. The van der Waals surface area contributed by atoms with E-state index in [9.17, 15) is 4.79 Å². The van der Waals surface area contributed by atoms with Gasteiger partial charge in [-0.25, -0.2) is 4.79 Å². The van der Waals surface area contributed by atoms with E-state index >= 15 is 0 Å². The number of ether oxygens (including phenoxy) is 1. The van der Waals surface area contributed by atoms with Gasteiger partial charge in [-0.15, -0.1) is 0 Å². The van der Waals surface area contributed by atoms with Crippen molar-refractivity contribution in [2.45, 2.75) is 51.6 Å². The second-order valence-corrected chi connectivity index (χ2v) is 7.76. The van der Waals surface area contributed by atoms with Gasteiger partial charge in [0.1, 0.15) is 0 Å². The van der Waals surface area contributed by atoms with Gasteiger partial charge in [0, 0.05) is 32.8 Å². The number of piperidine rings is 2. The predicted octanol–water partition coefficient (Wildman–Crippen LogP) is 2.32. The van der Waals surface area contributed by atoms with Crippen molar-refractivity contribution in [2.24, 2.45) is 11.8 Å². The number of carbonyl (C=O) groups is 1. The summed E-state index contributed by atoms with van der Waals surface area (Å²) in [5.41, 5.74) is 0. The lowest BCUT2D eigenvalue weighted by Gasteiger charge is -2.37. The third-order valence-corrected chi connectivity index (χ3v) is 5.70. The highest BCUT2D eigenvalue weighted by Crippen LogP contribution is 2.22. The molecular formula is C18H33N3O2. The van der Waals surface area contributed by atoms with Gasteiger partial charge < -0.3 is 19.9 Å². The van der Waals surface area contributed by atoms with E-state index in [1.807, 2.05) is 4.90 Å². The molecule has 3 fully saturated rings. The summed E-state index contributed by atoms with van der Waals surface area (Å²) in [5.74, 6) is 1.53. The van der Waals surface area contributed by atoms with Crippen molar-refractivity contribution in [3.8, 4) is 0 Å². The molecule has 3 aliphatic heterocycles. The summed E-state index contributed by atoms with van der Waals surface area (Å²) in [6.45, 7) is 9.35. The first-order chi connectivity index (χ1) is 11.2. The van der Waals surface area contributed by atoms with Gasteiger partial charge in [-0.2, -0.15) is 0 Å². The summed E-state index contributed by atoms with van der Waals surface area (Å²) in [6, 6.07) is 0.109. The standard InChI is InChI=1S/C18H33N3O2/c1-15-6-9-20(10-7-15)13-16-4-2-8-21(14-16)18(22)19-12-17-5-3-11-23-17/h15-17H,2-14H2,1H3,(H,19,22)/t16-,17-/m0/s1. The first-order valence-electron chi connectivity index (χ1n) is 9.57. The first-order valence-corrected chi connectivity index (χ1v) is 9.57. The molecule has 0 saturated carbocycles. The Morgan fingerprint density at radius 1 is 1.13 bits per heavy atom. The summed E-state index contributed by atoms with van der Waals surface area (Å²) in [4.78, 5) is 17.0. The average Bonchev–Trinajstić information content (AvgIpc) is 3.08. The molecule has 132 valence electrons. The van der Waals surface area contributed by atoms with Crippen LogP contribution in [0.1, 0.15) is 45.4 Å². The summed E-state index contributed by atoms with van der Waals surface area (Å²) < 4.78 is 5.58. The number of carbonyl (C=O) groups excluding carboxylic acids is 1. The van der Waals surface area contributed by atoms with E-state index < -0.39 is 0 Å². The van der Waals surface area contributed by atoms with Gasteiger partial charge in [0.2, 0.25) is 0 Å². The molecular weight excluding hydrogens is 290 g/mol. The van der Waals surface area contributed by atoms with Gasteiger partial charge in [0.05, 0.1) is 6.10 Å². The molecule has 0 aromatic rings. The Balaban J connectivity index is 1.39. The molecule has 3 rings (SSSR count). The molecule has 5 nitrogen and oxygen atoms in total. The maximum atomic E-state index is 12.4. The maximum absolute atomic E-state index is 12.4. The molecule has 1 N–H and O–H groups in total. The van der Waals surface area contributed by atoms with Crippen LogP contribution in [-0.4, -0.2) is 67.8 Å². The van der Waals surface area contributed by atoms with Crippen molar-refractivity contribution in [2.75, 3.05) is 45.9 Å². The van der Waals surface area contributed by atoms with E-state index in [-0.39, 0.29) is 12.1 Å². The molecule has 0 aromatic heterocycles. The number of hydrogen-bond acceptors (Lipinski definition) is 3. The SMILES string of the molecule is CC1CCN(C[C@@H]2CCCN(C(=O)NC[C@@H]3CCCO3)C2)CC1. The number of nitrogens with one attached hydrogen (secondary N) is 1. The fourth-order valence-corrected chi connectivity index (χ4v) is 4.13. The van der Waals surface area contributed by atoms with Crippen LogP contribution in [0.25, 0.3) is 0 Å². The smallest absolute Gasteiger partial charge is 0.317 e. The highest BCUT2D eigenvalue weighted by Gasteiger charge is 2.27. The van der Waals surface area contributed by atoms with E-state index in [0.717, 1.165) is 44.9 Å². The molecule has 0 bridgehead atoms. The molecule has 0 unspecified atom stereocenters. The minimum Gasteiger partial charge on any atom is -0.376 e. The lowest BCUT2D eigenvalue weighted by Crippen LogP contribution is -2.49. The number of nitrogens with zero attached hydrogens (tertiary/aromatic N) is 2. The van der Waals surface area contributed by atoms with Crippen LogP contribution in [0.5, 0.6) is 0 Å². The Bertz CT molecular complexity index is 376. The van der Waals surface area contributed by atoms with Crippen LogP contribution in [0.15, 0.2) is 0 Å². The van der Waals surface area contributed by atoms with E-state index in [0.29, 0.717) is 12.5 Å². The van der Waals surface area contributed by atoms with Crippen LogP contribution >= 0.6 is 0 Å². The Hall–Kier alpha value is -0.810. The average molecular weight is 323 g/mol. The Morgan fingerprint density at radius 2 is 1.96 bits per heavy atom. The van der Waals surface area contributed by atoms with Gasteiger partial charge in [0.15, 0.2) is 0 Å². The van der Waals surface area contributed by atoms with Crippen LogP contribution in [0.2, 0.25) is 0 Å². The molecule has 0 spiro atoms. The zero-order chi connectivity index (χ0) is 16.1. The zero-order valence-corrected chi connectivity index (χ0v) is 14.6. The lowest BCUT2D eigenvalue weighted by atomic mass is 9.94. The van der Waals surface area contributed by atoms with Crippen molar-refractivity contribution in [3.05, 3.63) is 0 Å². The van der Waals surface area contributed by atoms with E-state index in [2.05, 4.69) is 17.1 Å². The third kappa shape index (κ3) is 5.08. The van der Waals surface area contributed by atoms with Crippen molar-refractivity contribution < 1.29 is 9.53 Å². The number of rotatable bonds is 4. The molecule has 3 heterocycles. The van der Waals surface area contributed by atoms with Crippen LogP contribution in [0.4, 0.5) is 4.79 Å². The lowest BCUT2D eigenvalue weighted by molar-refractivity contribution is 0.102. The van der Waals surface area contributed by atoms with Gasteiger partial charge in [0.25, 0.3) is 0 Å². The van der Waals surface area contributed by atoms with Gasteiger partial charge >= 0.3 is 6.03 Å². The normalized spacial score (nSPS) is 30.6. The van der Waals surface area contributed by atoms with Crippen molar-refractivity contribution >= 4 is 6.03 Å². The molecule has 3 aliphatic rings. The second kappa shape index (κ2) is 8.34. The van der Waals surface area contributed by atoms with Gasteiger partial charge in [-0.3, -0.25) is 0 Å². The monoisotopic (exact) mass is 323 g/mol. The summed E-state index contributed by atoms with van der Waals surface area (Å²) >= 11 is 0. The largest absolute Gasteiger partial charge is 0.376 e. The molecule has 0 aliphatic carbocycles.